The molecule has 2 atom stereocenters. The summed E-state index contributed by atoms with van der Waals surface area (Å²) in [5.74, 6) is -0.125. The maximum atomic E-state index is 13.4. The van der Waals surface area contributed by atoms with E-state index in [9.17, 15) is 18.7 Å². The first-order chi connectivity index (χ1) is 9.88. The number of benzene rings is 1. The number of hydrogen-bond donors (Lipinski definition) is 2. The predicted molar refractivity (Wildman–Crippen MR) is 74.7 cm³/mol. The van der Waals surface area contributed by atoms with Crippen molar-refractivity contribution in [2.75, 3.05) is 13.1 Å². The van der Waals surface area contributed by atoms with Crippen LogP contribution in [0.5, 0.6) is 0 Å². The summed E-state index contributed by atoms with van der Waals surface area (Å²) in [6.07, 6.45) is -1.06. The minimum Gasteiger partial charge on any atom is -0.465 e. The number of rotatable bonds is 1. The van der Waals surface area contributed by atoms with E-state index < -0.39 is 29.2 Å². The van der Waals surface area contributed by atoms with Crippen LogP contribution in [-0.4, -0.2) is 34.3 Å². The van der Waals surface area contributed by atoms with Gasteiger partial charge in [-0.2, -0.15) is 0 Å². The monoisotopic (exact) mass is 359 g/mol. The van der Waals surface area contributed by atoms with Crippen molar-refractivity contribution >= 4 is 22.0 Å². The van der Waals surface area contributed by atoms with E-state index in [4.69, 9.17) is 5.11 Å². The first-order valence-corrected chi connectivity index (χ1v) is 6.94. The van der Waals surface area contributed by atoms with Crippen molar-refractivity contribution in [2.45, 2.75) is 12.0 Å². The van der Waals surface area contributed by atoms with Crippen molar-refractivity contribution in [3.8, 4) is 10.8 Å². The van der Waals surface area contributed by atoms with Gasteiger partial charge in [0.2, 0.25) is 0 Å². The van der Waals surface area contributed by atoms with Gasteiger partial charge in [0.1, 0.15) is 5.60 Å². The molecule has 1 aliphatic heterocycles. The van der Waals surface area contributed by atoms with Crippen LogP contribution in [0.25, 0.3) is 0 Å². The fourth-order valence-corrected chi connectivity index (χ4v) is 2.73. The molecule has 1 fully saturated rings. The minimum absolute atomic E-state index is 0.0105. The van der Waals surface area contributed by atoms with E-state index in [2.05, 4.69) is 26.7 Å². The van der Waals surface area contributed by atoms with E-state index in [0.717, 1.165) is 17.0 Å². The molecule has 1 aliphatic rings. The zero-order valence-corrected chi connectivity index (χ0v) is 12.4. The third-order valence-corrected chi connectivity index (χ3v) is 3.89. The van der Waals surface area contributed by atoms with Gasteiger partial charge < -0.3 is 15.1 Å². The number of piperidine rings is 1. The Balaban J connectivity index is 2.39. The van der Waals surface area contributed by atoms with Gasteiger partial charge in [-0.3, -0.25) is 0 Å². The van der Waals surface area contributed by atoms with Gasteiger partial charge in [-0.1, -0.05) is 12.0 Å². The molecule has 0 saturated carbocycles. The molecule has 2 N–H and O–H groups in total. The van der Waals surface area contributed by atoms with Crippen LogP contribution in [-0.2, 0) is 5.60 Å². The molecule has 0 spiro atoms. The Bertz CT molecular complexity index is 628. The van der Waals surface area contributed by atoms with Crippen molar-refractivity contribution < 1.29 is 23.8 Å². The first-order valence-electron chi connectivity index (χ1n) is 6.15. The van der Waals surface area contributed by atoms with Gasteiger partial charge >= 0.3 is 6.09 Å². The maximum absolute atomic E-state index is 13.4. The summed E-state index contributed by atoms with van der Waals surface area (Å²) in [5, 5.41) is 19.8. The van der Waals surface area contributed by atoms with Crippen molar-refractivity contribution in [2.24, 2.45) is 5.92 Å². The van der Waals surface area contributed by atoms with E-state index in [1.807, 2.05) is 0 Å². The van der Waals surface area contributed by atoms with Gasteiger partial charge in [-0.25, -0.2) is 13.6 Å². The van der Waals surface area contributed by atoms with Crippen LogP contribution in [0.3, 0.4) is 0 Å². The summed E-state index contributed by atoms with van der Waals surface area (Å²) < 4.78 is 26.4. The Kier molecular flexibility index (Phi) is 4.49. The molecule has 4 nitrogen and oxygen atoms in total. The van der Waals surface area contributed by atoms with Gasteiger partial charge in [0, 0.05) is 29.0 Å². The van der Waals surface area contributed by atoms with Gasteiger partial charge in [-0.05, 0) is 28.9 Å². The van der Waals surface area contributed by atoms with Gasteiger partial charge in [-0.15, -0.1) is 0 Å². The number of carboxylic acid groups (broad SMARTS) is 1. The molecule has 0 aliphatic carbocycles. The summed E-state index contributed by atoms with van der Waals surface area (Å²) in [6.45, 7) is 0.0781. The van der Waals surface area contributed by atoms with E-state index in [1.54, 1.807) is 0 Å². The molecule has 1 amide bonds. The van der Waals surface area contributed by atoms with Crippen LogP contribution in [0.2, 0.25) is 0 Å². The number of likely N-dealkylation sites (tertiary alicyclic amines) is 1. The number of halogens is 3. The highest BCUT2D eigenvalue weighted by Gasteiger charge is 2.43. The fourth-order valence-electron chi connectivity index (χ4n) is 2.46. The highest BCUT2D eigenvalue weighted by atomic mass is 79.9. The lowest BCUT2D eigenvalue weighted by atomic mass is 9.76. The quantitative estimate of drug-likeness (QED) is 0.757. The zero-order chi connectivity index (χ0) is 15.6. The molecule has 0 unspecified atom stereocenters. The van der Waals surface area contributed by atoms with Crippen molar-refractivity contribution in [3.63, 3.8) is 0 Å². The lowest BCUT2D eigenvalue weighted by Crippen LogP contribution is -2.51. The molecule has 112 valence electrons. The van der Waals surface area contributed by atoms with E-state index >= 15 is 0 Å². The zero-order valence-electron chi connectivity index (χ0n) is 10.8. The summed E-state index contributed by atoms with van der Waals surface area (Å²) in [7, 11) is 0. The molecule has 2 rings (SSSR count). The Morgan fingerprint density at radius 2 is 2.14 bits per heavy atom. The molecule has 1 heterocycles. The third kappa shape index (κ3) is 3.01. The van der Waals surface area contributed by atoms with Crippen LogP contribution in [0.15, 0.2) is 18.2 Å². The molecular formula is C14H12BrF2NO3. The van der Waals surface area contributed by atoms with Crippen molar-refractivity contribution in [1.82, 2.24) is 4.90 Å². The summed E-state index contributed by atoms with van der Waals surface area (Å²) >= 11 is 2.92. The van der Waals surface area contributed by atoms with Gasteiger partial charge in [0.05, 0.1) is 5.92 Å². The van der Waals surface area contributed by atoms with Crippen molar-refractivity contribution in [3.05, 3.63) is 35.4 Å². The molecule has 1 aromatic rings. The maximum Gasteiger partial charge on any atom is 0.407 e. The molecule has 21 heavy (non-hydrogen) atoms. The lowest BCUT2D eigenvalue weighted by Gasteiger charge is -2.41. The Morgan fingerprint density at radius 3 is 2.71 bits per heavy atom. The number of amides is 1. The summed E-state index contributed by atoms with van der Waals surface area (Å²) in [6, 6.07) is 3.15. The first kappa shape index (κ1) is 15.7. The molecule has 0 aromatic heterocycles. The van der Waals surface area contributed by atoms with E-state index in [1.165, 1.54) is 6.07 Å². The molecule has 1 aromatic carbocycles. The van der Waals surface area contributed by atoms with Crippen LogP contribution >= 0.6 is 15.9 Å². The predicted octanol–water partition coefficient (Wildman–Crippen LogP) is 2.51. The lowest BCUT2D eigenvalue weighted by molar-refractivity contribution is -0.0512. The smallest absolute Gasteiger partial charge is 0.407 e. The van der Waals surface area contributed by atoms with Gasteiger partial charge in [0.25, 0.3) is 0 Å². The average molecular weight is 360 g/mol. The van der Waals surface area contributed by atoms with Gasteiger partial charge in [0.15, 0.2) is 11.6 Å². The van der Waals surface area contributed by atoms with E-state index in [0.29, 0.717) is 0 Å². The topological polar surface area (TPSA) is 60.8 Å². The van der Waals surface area contributed by atoms with Crippen LogP contribution in [0.4, 0.5) is 13.6 Å². The molecule has 0 bridgehead atoms. The van der Waals surface area contributed by atoms with Crippen LogP contribution < -0.4 is 0 Å². The number of nitrogens with zero attached hydrogens (tertiary/aromatic N) is 1. The second kappa shape index (κ2) is 6.00. The standard InChI is InChI=1S/C14H12BrF2NO3/c15-5-3-10-8-18(13(19)20)6-4-14(10,21)9-1-2-11(16)12(17)7-9/h1-2,7,10,21H,4,6,8H2,(H,19,20)/t10-,14-/m0/s1. The largest absolute Gasteiger partial charge is 0.465 e. The molecule has 0 radical (unpaired) electrons. The number of carbonyl (C=O) groups is 1. The highest BCUT2D eigenvalue weighted by molar-refractivity contribution is 9.12. The van der Waals surface area contributed by atoms with Crippen LogP contribution in [0.1, 0.15) is 12.0 Å². The van der Waals surface area contributed by atoms with E-state index in [-0.39, 0.29) is 25.1 Å². The molecular weight excluding hydrogens is 348 g/mol. The average Bonchev–Trinajstić information content (AvgIpc) is 2.44. The second-order valence-electron chi connectivity index (χ2n) is 4.82. The minimum atomic E-state index is -1.53. The Morgan fingerprint density at radius 1 is 1.43 bits per heavy atom. The Hall–Kier alpha value is -1.65. The highest BCUT2D eigenvalue weighted by Crippen LogP contribution is 2.37. The summed E-state index contributed by atoms with van der Waals surface area (Å²) in [5.41, 5.74) is -1.34. The Labute approximate surface area is 128 Å². The van der Waals surface area contributed by atoms with Crippen LogP contribution in [0, 0.1) is 28.3 Å². The number of aliphatic hydroxyl groups is 1. The molecule has 7 heteroatoms. The third-order valence-electron chi connectivity index (χ3n) is 3.66. The van der Waals surface area contributed by atoms with Crippen molar-refractivity contribution in [1.29, 1.82) is 0 Å². The summed E-state index contributed by atoms with van der Waals surface area (Å²) in [4.78, 5) is 14.6. The molecule has 1 saturated heterocycles. The fraction of sp³-hybridized carbons (Fsp3) is 0.357. The SMILES string of the molecule is O=C(O)N1CC[C@](O)(c2ccc(F)c(F)c2)[C@@H](C#CBr)C1. The normalized spacial score (nSPS) is 25.1. The number of hydrogen-bond acceptors (Lipinski definition) is 2. The second-order valence-corrected chi connectivity index (χ2v) is 5.22.